The molecule has 1 heterocycles. The van der Waals surface area contributed by atoms with Crippen LogP contribution >= 0.6 is 11.8 Å². The standard InChI is InChI=1S/C10H8N2O3S/c11-10-12-9(15)8(16-10)3-5-1-2-6(13)4-7(5)14/h1-4,13-14H,(H2,11,12,15). The SMILES string of the molecule is N=C1NC(=O)C(=Cc2ccc(O)cc2O)S1. The van der Waals surface area contributed by atoms with Gasteiger partial charge in [-0.15, -0.1) is 0 Å². The topological polar surface area (TPSA) is 93.4 Å². The fourth-order valence-corrected chi connectivity index (χ4v) is 1.93. The quantitative estimate of drug-likeness (QED) is 0.552. The maximum absolute atomic E-state index is 11.3. The molecule has 1 fully saturated rings. The Bertz CT molecular complexity index is 511. The van der Waals surface area contributed by atoms with Crippen molar-refractivity contribution in [2.45, 2.75) is 0 Å². The molecule has 1 saturated heterocycles. The first-order chi connectivity index (χ1) is 7.56. The van der Waals surface area contributed by atoms with E-state index in [2.05, 4.69) is 5.32 Å². The van der Waals surface area contributed by atoms with Crippen LogP contribution in [-0.4, -0.2) is 21.3 Å². The van der Waals surface area contributed by atoms with Crippen molar-refractivity contribution in [2.24, 2.45) is 0 Å². The first kappa shape index (κ1) is 10.6. The van der Waals surface area contributed by atoms with E-state index in [1.54, 1.807) is 0 Å². The van der Waals surface area contributed by atoms with Crippen molar-refractivity contribution in [1.82, 2.24) is 5.32 Å². The number of nitrogens with one attached hydrogen (secondary N) is 2. The van der Waals surface area contributed by atoms with Gasteiger partial charge in [-0.05, 0) is 30.0 Å². The lowest BCUT2D eigenvalue weighted by Gasteiger charge is -2.00. The van der Waals surface area contributed by atoms with Crippen molar-refractivity contribution in [2.75, 3.05) is 0 Å². The van der Waals surface area contributed by atoms with Crippen LogP contribution in [-0.2, 0) is 4.79 Å². The van der Waals surface area contributed by atoms with E-state index in [0.29, 0.717) is 10.5 Å². The van der Waals surface area contributed by atoms with Crippen molar-refractivity contribution in [3.8, 4) is 11.5 Å². The zero-order chi connectivity index (χ0) is 11.7. The summed E-state index contributed by atoms with van der Waals surface area (Å²) in [6.45, 7) is 0. The second-order valence-corrected chi connectivity index (χ2v) is 4.19. The van der Waals surface area contributed by atoms with Gasteiger partial charge in [0.2, 0.25) is 0 Å². The summed E-state index contributed by atoms with van der Waals surface area (Å²) in [4.78, 5) is 11.6. The zero-order valence-corrected chi connectivity index (χ0v) is 8.84. The molecule has 0 spiro atoms. The predicted octanol–water partition coefficient (Wildman–Crippen LogP) is 1.24. The average Bonchev–Trinajstić information content (AvgIpc) is 2.50. The van der Waals surface area contributed by atoms with Crippen LogP contribution < -0.4 is 5.32 Å². The van der Waals surface area contributed by atoms with Gasteiger partial charge in [0.05, 0.1) is 4.91 Å². The van der Waals surface area contributed by atoms with Gasteiger partial charge in [0, 0.05) is 11.6 Å². The Morgan fingerprint density at radius 2 is 2.12 bits per heavy atom. The number of phenols is 2. The van der Waals surface area contributed by atoms with Crippen molar-refractivity contribution < 1.29 is 15.0 Å². The van der Waals surface area contributed by atoms with Crippen LogP contribution in [0.15, 0.2) is 23.1 Å². The minimum atomic E-state index is -0.359. The number of carbonyl (C=O) groups is 1. The summed E-state index contributed by atoms with van der Waals surface area (Å²) in [7, 11) is 0. The summed E-state index contributed by atoms with van der Waals surface area (Å²) in [5.74, 6) is -0.516. The van der Waals surface area contributed by atoms with Crippen LogP contribution in [0, 0.1) is 5.41 Å². The lowest BCUT2D eigenvalue weighted by molar-refractivity contribution is -0.115. The van der Waals surface area contributed by atoms with Crippen molar-refractivity contribution in [1.29, 1.82) is 5.41 Å². The maximum atomic E-state index is 11.3. The molecular formula is C10H8N2O3S. The molecule has 1 aliphatic rings. The molecule has 4 N–H and O–H groups in total. The predicted molar refractivity (Wildman–Crippen MR) is 61.2 cm³/mol. The molecule has 0 saturated carbocycles. The summed E-state index contributed by atoms with van der Waals surface area (Å²) < 4.78 is 0. The molecule has 6 heteroatoms. The molecule has 1 aliphatic heterocycles. The van der Waals surface area contributed by atoms with Crippen LogP contribution in [0.2, 0.25) is 0 Å². The number of amidine groups is 1. The third-order valence-electron chi connectivity index (χ3n) is 1.96. The van der Waals surface area contributed by atoms with Crippen molar-refractivity contribution in [3.05, 3.63) is 28.7 Å². The van der Waals surface area contributed by atoms with E-state index in [4.69, 9.17) is 10.5 Å². The van der Waals surface area contributed by atoms with E-state index < -0.39 is 0 Å². The van der Waals surface area contributed by atoms with Gasteiger partial charge in [0.1, 0.15) is 11.5 Å². The molecule has 0 radical (unpaired) electrons. The molecule has 1 aromatic rings. The number of hydrogen-bond donors (Lipinski definition) is 4. The normalized spacial score (nSPS) is 17.9. The molecule has 0 bridgehead atoms. The fraction of sp³-hybridized carbons (Fsp3) is 0. The first-order valence-electron chi connectivity index (χ1n) is 4.37. The van der Waals surface area contributed by atoms with Gasteiger partial charge in [0.25, 0.3) is 5.91 Å². The number of phenolic OH excluding ortho intramolecular Hbond substituents is 2. The number of aromatic hydroxyl groups is 2. The largest absolute Gasteiger partial charge is 0.508 e. The Balaban J connectivity index is 2.36. The van der Waals surface area contributed by atoms with E-state index in [9.17, 15) is 9.90 Å². The van der Waals surface area contributed by atoms with Crippen LogP contribution in [0.4, 0.5) is 0 Å². The second kappa shape index (κ2) is 3.90. The monoisotopic (exact) mass is 236 g/mol. The number of rotatable bonds is 1. The lowest BCUT2D eigenvalue weighted by atomic mass is 10.2. The number of amides is 1. The minimum absolute atomic E-state index is 0.0454. The van der Waals surface area contributed by atoms with Gasteiger partial charge in [0.15, 0.2) is 5.17 Å². The van der Waals surface area contributed by atoms with E-state index >= 15 is 0 Å². The number of thioether (sulfide) groups is 1. The maximum Gasteiger partial charge on any atom is 0.264 e. The molecule has 0 aromatic heterocycles. The molecule has 82 valence electrons. The number of hydrogen-bond acceptors (Lipinski definition) is 5. The summed E-state index contributed by atoms with van der Waals surface area (Å²) in [6, 6.07) is 4.09. The van der Waals surface area contributed by atoms with Gasteiger partial charge in [-0.3, -0.25) is 10.2 Å². The Morgan fingerprint density at radius 1 is 1.38 bits per heavy atom. The van der Waals surface area contributed by atoms with E-state index in [0.717, 1.165) is 11.8 Å². The molecule has 5 nitrogen and oxygen atoms in total. The summed E-state index contributed by atoms with van der Waals surface area (Å²) in [5, 5.41) is 28.2. The third-order valence-corrected chi connectivity index (χ3v) is 2.79. The van der Waals surface area contributed by atoms with Crippen LogP contribution in [0.25, 0.3) is 6.08 Å². The molecule has 16 heavy (non-hydrogen) atoms. The summed E-state index contributed by atoms with van der Waals surface area (Å²) in [5.41, 5.74) is 0.421. The van der Waals surface area contributed by atoms with E-state index in [1.165, 1.54) is 24.3 Å². The highest BCUT2D eigenvalue weighted by Crippen LogP contribution is 2.29. The Labute approximate surface area is 95.3 Å². The Morgan fingerprint density at radius 3 is 2.69 bits per heavy atom. The molecule has 0 aliphatic carbocycles. The van der Waals surface area contributed by atoms with Crippen LogP contribution in [0.3, 0.4) is 0 Å². The third kappa shape index (κ3) is 2.01. The number of carbonyl (C=O) groups excluding carboxylic acids is 1. The molecule has 1 amide bonds. The van der Waals surface area contributed by atoms with Gasteiger partial charge in [-0.25, -0.2) is 0 Å². The molecule has 0 unspecified atom stereocenters. The van der Waals surface area contributed by atoms with E-state index in [-0.39, 0.29) is 22.6 Å². The number of benzene rings is 1. The highest BCUT2D eigenvalue weighted by molar-refractivity contribution is 8.18. The van der Waals surface area contributed by atoms with Gasteiger partial charge >= 0.3 is 0 Å². The van der Waals surface area contributed by atoms with Gasteiger partial charge in [-0.2, -0.15) is 0 Å². The minimum Gasteiger partial charge on any atom is -0.508 e. The zero-order valence-electron chi connectivity index (χ0n) is 8.02. The molecular weight excluding hydrogens is 228 g/mol. The highest BCUT2D eigenvalue weighted by Gasteiger charge is 2.22. The summed E-state index contributed by atoms with van der Waals surface area (Å²) >= 11 is 0.992. The lowest BCUT2D eigenvalue weighted by Crippen LogP contribution is -2.18. The average molecular weight is 236 g/mol. The smallest absolute Gasteiger partial charge is 0.264 e. The Hall–Kier alpha value is -1.95. The van der Waals surface area contributed by atoms with Crippen LogP contribution in [0.1, 0.15) is 5.56 Å². The van der Waals surface area contributed by atoms with Crippen LogP contribution in [0.5, 0.6) is 11.5 Å². The molecule has 1 aromatic carbocycles. The van der Waals surface area contributed by atoms with Crippen molar-refractivity contribution >= 4 is 28.9 Å². The first-order valence-corrected chi connectivity index (χ1v) is 5.19. The molecule has 2 rings (SSSR count). The van der Waals surface area contributed by atoms with Gasteiger partial charge in [-0.1, -0.05) is 0 Å². The highest BCUT2D eigenvalue weighted by atomic mass is 32.2. The van der Waals surface area contributed by atoms with Gasteiger partial charge < -0.3 is 15.5 Å². The van der Waals surface area contributed by atoms with Crippen molar-refractivity contribution in [3.63, 3.8) is 0 Å². The summed E-state index contributed by atoms with van der Waals surface area (Å²) in [6.07, 6.45) is 1.47. The second-order valence-electron chi connectivity index (χ2n) is 3.14. The fourth-order valence-electron chi connectivity index (χ4n) is 1.24. The molecule has 0 atom stereocenters. The Kier molecular flexibility index (Phi) is 2.57. The van der Waals surface area contributed by atoms with E-state index in [1.807, 2.05) is 0 Å².